The lowest BCUT2D eigenvalue weighted by Crippen LogP contribution is -2.32. The monoisotopic (exact) mass is 261 g/mol. The molecule has 0 heterocycles. The number of nitrogens with two attached hydrogens (primary N) is 1. The van der Waals surface area contributed by atoms with Gasteiger partial charge in [-0.15, -0.1) is 0 Å². The predicted molar refractivity (Wildman–Crippen MR) is 79.7 cm³/mol. The van der Waals surface area contributed by atoms with Crippen LogP contribution >= 0.6 is 0 Å². The molecule has 0 radical (unpaired) electrons. The lowest BCUT2D eigenvalue weighted by Gasteiger charge is -2.38. The van der Waals surface area contributed by atoms with Gasteiger partial charge in [-0.1, -0.05) is 45.0 Å². The minimum Gasteiger partial charge on any atom is -0.374 e. The molecule has 106 valence electrons. The summed E-state index contributed by atoms with van der Waals surface area (Å²) in [6.45, 7) is 8.38. The molecule has 1 fully saturated rings. The molecule has 0 spiro atoms. The minimum atomic E-state index is 0.410. The van der Waals surface area contributed by atoms with Gasteiger partial charge in [0, 0.05) is 6.54 Å². The largest absolute Gasteiger partial charge is 0.374 e. The Labute approximate surface area is 117 Å². The highest BCUT2D eigenvalue weighted by Gasteiger charge is 2.32. The molecule has 0 aromatic heterocycles. The topological polar surface area (TPSA) is 35.2 Å². The Hall–Kier alpha value is -0.860. The summed E-state index contributed by atoms with van der Waals surface area (Å²) in [5, 5.41) is 0. The second kappa shape index (κ2) is 6.06. The highest BCUT2D eigenvalue weighted by molar-refractivity contribution is 5.21. The fourth-order valence-corrected chi connectivity index (χ4v) is 3.37. The van der Waals surface area contributed by atoms with E-state index in [4.69, 9.17) is 10.5 Å². The lowest BCUT2D eigenvalue weighted by molar-refractivity contribution is -0.0316. The lowest BCUT2D eigenvalue weighted by atomic mass is 9.71. The SMILES string of the molecule is CC1CC(OCc2ccc(CN)cc2)CC(C)(C)C1. The number of benzene rings is 1. The average molecular weight is 261 g/mol. The van der Waals surface area contributed by atoms with Gasteiger partial charge in [-0.05, 0) is 41.7 Å². The number of hydrogen-bond donors (Lipinski definition) is 1. The maximum atomic E-state index is 6.12. The molecule has 1 aliphatic carbocycles. The molecule has 19 heavy (non-hydrogen) atoms. The molecule has 2 unspecified atom stereocenters. The maximum Gasteiger partial charge on any atom is 0.0720 e. The van der Waals surface area contributed by atoms with Crippen molar-refractivity contribution in [3.05, 3.63) is 35.4 Å². The predicted octanol–water partition coefficient (Wildman–Crippen LogP) is 3.88. The van der Waals surface area contributed by atoms with Crippen LogP contribution in [0.15, 0.2) is 24.3 Å². The van der Waals surface area contributed by atoms with Crippen LogP contribution in [0.2, 0.25) is 0 Å². The molecule has 0 aliphatic heterocycles. The molecule has 0 saturated heterocycles. The second-order valence-corrected chi connectivity index (χ2v) is 6.87. The number of hydrogen-bond acceptors (Lipinski definition) is 2. The van der Waals surface area contributed by atoms with Crippen LogP contribution in [-0.4, -0.2) is 6.10 Å². The third-order valence-electron chi connectivity index (χ3n) is 4.09. The first-order valence-electron chi connectivity index (χ1n) is 7.38. The van der Waals surface area contributed by atoms with Gasteiger partial charge in [0.05, 0.1) is 12.7 Å². The fraction of sp³-hybridized carbons (Fsp3) is 0.647. The van der Waals surface area contributed by atoms with Crippen LogP contribution in [0, 0.1) is 11.3 Å². The van der Waals surface area contributed by atoms with Crippen molar-refractivity contribution in [3.63, 3.8) is 0 Å². The number of rotatable bonds is 4. The van der Waals surface area contributed by atoms with Crippen LogP contribution in [-0.2, 0) is 17.9 Å². The summed E-state index contributed by atoms with van der Waals surface area (Å²) < 4.78 is 6.12. The minimum absolute atomic E-state index is 0.410. The molecule has 1 aliphatic rings. The first-order valence-corrected chi connectivity index (χ1v) is 7.38. The van der Waals surface area contributed by atoms with Gasteiger partial charge in [-0.2, -0.15) is 0 Å². The molecule has 2 N–H and O–H groups in total. The van der Waals surface area contributed by atoms with E-state index in [9.17, 15) is 0 Å². The van der Waals surface area contributed by atoms with Crippen LogP contribution in [0.25, 0.3) is 0 Å². The van der Waals surface area contributed by atoms with E-state index >= 15 is 0 Å². The van der Waals surface area contributed by atoms with Crippen LogP contribution in [0.5, 0.6) is 0 Å². The van der Waals surface area contributed by atoms with Crippen molar-refractivity contribution in [2.24, 2.45) is 17.1 Å². The molecular formula is C17H27NO. The van der Waals surface area contributed by atoms with E-state index in [2.05, 4.69) is 45.0 Å². The van der Waals surface area contributed by atoms with Gasteiger partial charge in [0.2, 0.25) is 0 Å². The van der Waals surface area contributed by atoms with Gasteiger partial charge >= 0.3 is 0 Å². The van der Waals surface area contributed by atoms with Gasteiger partial charge in [-0.25, -0.2) is 0 Å². The molecule has 1 aromatic carbocycles. The Morgan fingerprint density at radius 2 is 1.79 bits per heavy atom. The first-order chi connectivity index (χ1) is 8.98. The van der Waals surface area contributed by atoms with Crippen molar-refractivity contribution in [2.75, 3.05) is 0 Å². The molecular weight excluding hydrogens is 234 g/mol. The normalized spacial score (nSPS) is 26.3. The number of ether oxygens (including phenoxy) is 1. The van der Waals surface area contributed by atoms with Crippen molar-refractivity contribution in [1.29, 1.82) is 0 Å². The molecule has 0 bridgehead atoms. The first kappa shape index (κ1) is 14.5. The van der Waals surface area contributed by atoms with Crippen LogP contribution < -0.4 is 5.73 Å². The van der Waals surface area contributed by atoms with Crippen LogP contribution in [0.1, 0.15) is 51.2 Å². The standard InChI is InChI=1S/C17H27NO/c1-13-8-16(10-17(2,3)9-13)19-12-15-6-4-14(11-18)5-7-15/h4-7,13,16H,8-12,18H2,1-3H3. The smallest absolute Gasteiger partial charge is 0.0720 e. The second-order valence-electron chi connectivity index (χ2n) is 6.87. The molecule has 2 heteroatoms. The van der Waals surface area contributed by atoms with Gasteiger partial charge in [-0.3, -0.25) is 0 Å². The Bertz CT molecular complexity index is 396. The molecule has 2 atom stereocenters. The van der Waals surface area contributed by atoms with Gasteiger partial charge < -0.3 is 10.5 Å². The van der Waals surface area contributed by atoms with E-state index in [1.54, 1.807) is 0 Å². The summed E-state index contributed by atoms with van der Waals surface area (Å²) in [4.78, 5) is 0. The zero-order chi connectivity index (χ0) is 13.9. The molecule has 0 amide bonds. The maximum absolute atomic E-state index is 6.12. The van der Waals surface area contributed by atoms with Crippen LogP contribution in [0.4, 0.5) is 0 Å². The summed E-state index contributed by atoms with van der Waals surface area (Å²) in [7, 11) is 0. The van der Waals surface area contributed by atoms with Crippen LogP contribution in [0.3, 0.4) is 0 Å². The van der Waals surface area contributed by atoms with Gasteiger partial charge in [0.25, 0.3) is 0 Å². The highest BCUT2D eigenvalue weighted by Crippen LogP contribution is 2.39. The highest BCUT2D eigenvalue weighted by atomic mass is 16.5. The quantitative estimate of drug-likeness (QED) is 0.892. The van der Waals surface area contributed by atoms with Crippen molar-refractivity contribution in [1.82, 2.24) is 0 Å². The Morgan fingerprint density at radius 1 is 1.16 bits per heavy atom. The van der Waals surface area contributed by atoms with Crippen molar-refractivity contribution in [2.45, 2.75) is 59.3 Å². The molecule has 1 saturated carbocycles. The molecule has 1 aromatic rings. The average Bonchev–Trinajstić information content (AvgIpc) is 2.34. The van der Waals surface area contributed by atoms with Crippen molar-refractivity contribution in [3.8, 4) is 0 Å². The summed E-state index contributed by atoms with van der Waals surface area (Å²) in [5.41, 5.74) is 8.45. The Morgan fingerprint density at radius 3 is 2.37 bits per heavy atom. The third kappa shape index (κ3) is 4.32. The van der Waals surface area contributed by atoms with E-state index in [-0.39, 0.29) is 0 Å². The van der Waals surface area contributed by atoms with E-state index in [0.29, 0.717) is 18.1 Å². The molecule has 2 nitrogen and oxygen atoms in total. The summed E-state index contributed by atoms with van der Waals surface area (Å²) in [6.07, 6.45) is 4.11. The molecule has 2 rings (SSSR count). The summed E-state index contributed by atoms with van der Waals surface area (Å²) >= 11 is 0. The summed E-state index contributed by atoms with van der Waals surface area (Å²) in [6, 6.07) is 8.43. The fourth-order valence-electron chi connectivity index (χ4n) is 3.37. The van der Waals surface area contributed by atoms with Gasteiger partial charge in [0.15, 0.2) is 0 Å². The van der Waals surface area contributed by atoms with Gasteiger partial charge in [0.1, 0.15) is 0 Å². The Kier molecular flexibility index (Phi) is 4.64. The van der Waals surface area contributed by atoms with Crippen molar-refractivity contribution < 1.29 is 4.74 Å². The van der Waals surface area contributed by atoms with E-state index in [0.717, 1.165) is 12.5 Å². The third-order valence-corrected chi connectivity index (χ3v) is 4.09. The van der Waals surface area contributed by atoms with E-state index in [1.165, 1.54) is 30.4 Å². The Balaban J connectivity index is 1.87. The summed E-state index contributed by atoms with van der Waals surface area (Å²) in [5.74, 6) is 0.772. The van der Waals surface area contributed by atoms with E-state index < -0.39 is 0 Å². The zero-order valence-corrected chi connectivity index (χ0v) is 12.5. The van der Waals surface area contributed by atoms with E-state index in [1.807, 2.05) is 0 Å². The zero-order valence-electron chi connectivity index (χ0n) is 12.5. The van der Waals surface area contributed by atoms with Crippen molar-refractivity contribution >= 4 is 0 Å².